The van der Waals surface area contributed by atoms with Crippen LogP contribution in [-0.4, -0.2) is 0 Å². The van der Waals surface area contributed by atoms with E-state index in [1.807, 2.05) is 6.07 Å². The van der Waals surface area contributed by atoms with Gasteiger partial charge in [0.1, 0.15) is 0 Å². The van der Waals surface area contributed by atoms with Crippen molar-refractivity contribution in [3.63, 3.8) is 0 Å². The lowest BCUT2D eigenvalue weighted by Crippen LogP contribution is -1.82. The lowest BCUT2D eigenvalue weighted by Gasteiger charge is -1.90. The van der Waals surface area contributed by atoms with Crippen molar-refractivity contribution in [1.82, 2.24) is 0 Å². The van der Waals surface area contributed by atoms with Gasteiger partial charge in [-0.05, 0) is 12.1 Å². The molecule has 1 aromatic carbocycles. The summed E-state index contributed by atoms with van der Waals surface area (Å²) >= 11 is 5.18. The van der Waals surface area contributed by atoms with Crippen LogP contribution >= 0.6 is 11.6 Å². The molecule has 0 nitrogen and oxygen atoms in total. The summed E-state index contributed by atoms with van der Waals surface area (Å²) < 4.78 is 24.3. The van der Waals surface area contributed by atoms with Crippen LogP contribution in [0.15, 0.2) is 12.1 Å². The summed E-state index contributed by atoms with van der Waals surface area (Å²) in [6.07, 6.45) is 0. The molecule has 1 aromatic rings. The van der Waals surface area contributed by atoms with Crippen LogP contribution in [0.2, 0.25) is 5.02 Å². The molecule has 1 radical (unpaired) electrons. The van der Waals surface area contributed by atoms with E-state index in [0.29, 0.717) is 0 Å². The Morgan fingerprint density at radius 2 is 2.11 bits per heavy atom. The smallest absolute Gasteiger partial charge is 0.178 e. The summed E-state index contributed by atoms with van der Waals surface area (Å²) in [6, 6.07) is 4.47. The van der Waals surface area contributed by atoms with Gasteiger partial charge in [-0.15, -0.1) is 0 Å². The molecule has 9 heavy (non-hydrogen) atoms. The van der Waals surface area contributed by atoms with Crippen molar-refractivity contribution in [2.45, 2.75) is 0 Å². The molecule has 0 saturated carbocycles. The van der Waals surface area contributed by atoms with Gasteiger partial charge in [-0.25, -0.2) is 8.78 Å². The minimum absolute atomic E-state index is 0.216. The fourth-order valence-corrected chi connectivity index (χ4v) is 0.575. The molecule has 3 heteroatoms. The highest BCUT2D eigenvalue weighted by Crippen LogP contribution is 2.15. The molecule has 0 aliphatic carbocycles. The molecule has 0 amide bonds. The highest BCUT2D eigenvalue weighted by Gasteiger charge is 2.03. The minimum atomic E-state index is -1.04. The Morgan fingerprint density at radius 1 is 1.44 bits per heavy atom. The number of hydrogen-bond acceptors (Lipinski definition) is 0. The van der Waals surface area contributed by atoms with Crippen LogP contribution in [0.1, 0.15) is 0 Å². The third-order valence-electron chi connectivity index (χ3n) is 0.842. The monoisotopic (exact) mass is 147 g/mol. The molecular formula is C6H2ClF2. The van der Waals surface area contributed by atoms with E-state index in [1.165, 1.54) is 12.1 Å². The van der Waals surface area contributed by atoms with Crippen molar-refractivity contribution >= 4 is 11.6 Å². The number of halogens is 3. The van der Waals surface area contributed by atoms with E-state index >= 15 is 0 Å². The van der Waals surface area contributed by atoms with Gasteiger partial charge in [0.05, 0.1) is 5.02 Å². The quantitative estimate of drug-likeness (QED) is 0.495. The Kier molecular flexibility index (Phi) is 1.67. The van der Waals surface area contributed by atoms with E-state index in [2.05, 4.69) is 0 Å². The maximum Gasteiger partial charge on any atom is 0.178 e. The van der Waals surface area contributed by atoms with Crippen LogP contribution < -0.4 is 0 Å². The van der Waals surface area contributed by atoms with E-state index in [0.717, 1.165) is 0 Å². The number of hydrogen-bond donors (Lipinski definition) is 0. The van der Waals surface area contributed by atoms with Crippen molar-refractivity contribution in [1.29, 1.82) is 0 Å². The van der Waals surface area contributed by atoms with Crippen molar-refractivity contribution in [3.05, 3.63) is 34.9 Å². The largest absolute Gasteiger partial charge is 0.203 e. The highest BCUT2D eigenvalue weighted by atomic mass is 35.5. The van der Waals surface area contributed by atoms with E-state index in [-0.39, 0.29) is 5.02 Å². The molecule has 0 aromatic heterocycles. The van der Waals surface area contributed by atoms with Crippen LogP contribution in [0.25, 0.3) is 0 Å². The maximum absolute atomic E-state index is 12.2. The first-order chi connectivity index (χ1) is 4.22. The van der Waals surface area contributed by atoms with Crippen LogP contribution in [0.5, 0.6) is 0 Å². The first-order valence-corrected chi connectivity index (χ1v) is 2.61. The van der Waals surface area contributed by atoms with Gasteiger partial charge in [0.15, 0.2) is 11.6 Å². The summed E-state index contributed by atoms with van der Waals surface area (Å²) in [5.74, 6) is -2.08. The first-order valence-electron chi connectivity index (χ1n) is 2.23. The predicted molar refractivity (Wildman–Crippen MR) is 30.2 cm³/mol. The van der Waals surface area contributed by atoms with Gasteiger partial charge in [0.25, 0.3) is 0 Å². The summed E-state index contributed by atoms with van der Waals surface area (Å²) in [5, 5.41) is -0.216. The van der Waals surface area contributed by atoms with Crippen molar-refractivity contribution < 1.29 is 8.78 Å². The molecule has 0 heterocycles. The normalized spacial score (nSPS) is 9.67. The van der Waals surface area contributed by atoms with E-state index in [1.54, 1.807) is 0 Å². The Hall–Kier alpha value is -0.630. The van der Waals surface area contributed by atoms with E-state index in [9.17, 15) is 8.78 Å². The zero-order valence-corrected chi connectivity index (χ0v) is 5.04. The molecule has 0 atom stereocenters. The maximum atomic E-state index is 12.2. The third kappa shape index (κ3) is 1.19. The predicted octanol–water partition coefficient (Wildman–Crippen LogP) is 2.42. The van der Waals surface area contributed by atoms with Crippen LogP contribution in [-0.2, 0) is 0 Å². The molecule has 0 saturated heterocycles. The summed E-state index contributed by atoms with van der Waals surface area (Å²) in [7, 11) is 0. The fraction of sp³-hybridized carbons (Fsp3) is 0. The zero-order valence-electron chi connectivity index (χ0n) is 4.29. The fourth-order valence-electron chi connectivity index (χ4n) is 0.429. The molecule has 0 bridgehead atoms. The Morgan fingerprint density at radius 3 is 2.56 bits per heavy atom. The van der Waals surface area contributed by atoms with Crippen molar-refractivity contribution in [3.8, 4) is 0 Å². The minimum Gasteiger partial charge on any atom is -0.203 e. The highest BCUT2D eigenvalue weighted by molar-refractivity contribution is 6.30. The molecule has 0 N–H and O–H groups in total. The lowest BCUT2D eigenvalue weighted by molar-refractivity contribution is 0.507. The molecule has 47 valence electrons. The van der Waals surface area contributed by atoms with Gasteiger partial charge in [0.2, 0.25) is 0 Å². The average Bonchev–Trinajstić information content (AvgIpc) is 1.83. The molecule has 0 aliphatic heterocycles. The second-order valence-electron chi connectivity index (χ2n) is 1.45. The third-order valence-corrected chi connectivity index (χ3v) is 1.13. The van der Waals surface area contributed by atoms with Crippen LogP contribution in [0.4, 0.5) is 8.78 Å². The SMILES string of the molecule is Fc1[c]ccc(Cl)c1F. The topological polar surface area (TPSA) is 0 Å². The van der Waals surface area contributed by atoms with Crippen LogP contribution in [0.3, 0.4) is 0 Å². The van der Waals surface area contributed by atoms with Gasteiger partial charge >= 0.3 is 0 Å². The lowest BCUT2D eigenvalue weighted by atomic mass is 10.3. The van der Waals surface area contributed by atoms with E-state index in [4.69, 9.17) is 11.6 Å². The van der Waals surface area contributed by atoms with Gasteiger partial charge in [-0.3, -0.25) is 0 Å². The second kappa shape index (κ2) is 2.31. The van der Waals surface area contributed by atoms with Crippen molar-refractivity contribution in [2.75, 3.05) is 0 Å². The standard InChI is InChI=1S/C6H2ClF2/c7-4-2-1-3-5(8)6(4)9/h1-2H. The molecule has 0 fully saturated rings. The van der Waals surface area contributed by atoms with Gasteiger partial charge in [-0.1, -0.05) is 11.6 Å². The second-order valence-corrected chi connectivity index (χ2v) is 1.86. The Labute approximate surface area is 56.1 Å². The van der Waals surface area contributed by atoms with Gasteiger partial charge < -0.3 is 0 Å². The molecular weight excluding hydrogens is 146 g/mol. The molecule has 0 aliphatic rings. The van der Waals surface area contributed by atoms with Gasteiger partial charge in [-0.2, -0.15) is 0 Å². The molecule has 0 spiro atoms. The number of rotatable bonds is 0. The molecule has 0 unspecified atom stereocenters. The number of benzene rings is 1. The van der Waals surface area contributed by atoms with E-state index < -0.39 is 11.6 Å². The Bertz CT molecular complexity index is 202. The van der Waals surface area contributed by atoms with Crippen molar-refractivity contribution in [2.24, 2.45) is 0 Å². The summed E-state index contributed by atoms with van der Waals surface area (Å²) in [5.41, 5.74) is 0. The zero-order chi connectivity index (χ0) is 6.85. The van der Waals surface area contributed by atoms with Crippen LogP contribution in [0, 0.1) is 17.7 Å². The average molecular weight is 148 g/mol. The van der Waals surface area contributed by atoms with Gasteiger partial charge in [0, 0.05) is 6.07 Å². The summed E-state index contributed by atoms with van der Waals surface area (Å²) in [4.78, 5) is 0. The first kappa shape index (κ1) is 6.49. The molecule has 1 rings (SSSR count). The Balaban J connectivity index is 3.25. The summed E-state index contributed by atoms with van der Waals surface area (Å²) in [6.45, 7) is 0.